The molecule has 0 N–H and O–H groups in total. The van der Waals surface area contributed by atoms with Crippen LogP contribution in [0.2, 0.25) is 0 Å². The maximum absolute atomic E-state index is 12.6. The highest BCUT2D eigenvalue weighted by Gasteiger charge is 2.29. The van der Waals surface area contributed by atoms with E-state index in [9.17, 15) is 4.79 Å². The van der Waals surface area contributed by atoms with E-state index in [4.69, 9.17) is 4.74 Å². The van der Waals surface area contributed by atoms with Crippen LogP contribution in [0.25, 0.3) is 5.69 Å². The molecule has 1 aromatic heterocycles. The fourth-order valence-electron chi connectivity index (χ4n) is 3.85. The predicted octanol–water partition coefficient (Wildman–Crippen LogP) is 3.63. The Morgan fingerprint density at radius 2 is 1.97 bits per heavy atom. The summed E-state index contributed by atoms with van der Waals surface area (Å²) >= 11 is 0. The number of anilines is 1. The summed E-state index contributed by atoms with van der Waals surface area (Å²) in [6.07, 6.45) is 1.07. The number of benzene rings is 2. The molecule has 158 valence electrons. The second-order valence-electron chi connectivity index (χ2n) is 7.46. The van der Waals surface area contributed by atoms with E-state index in [1.165, 1.54) is 0 Å². The Morgan fingerprint density at radius 1 is 1.19 bits per heavy atom. The van der Waals surface area contributed by atoms with Crippen molar-refractivity contribution in [1.82, 2.24) is 15.0 Å². The lowest BCUT2D eigenvalue weighted by Crippen LogP contribution is -2.23. The molecule has 0 amide bonds. The third kappa shape index (κ3) is 3.86. The first kappa shape index (κ1) is 20.5. The first-order valence-corrected chi connectivity index (χ1v) is 10.2. The number of nitrogens with zero attached hydrogens (tertiary/aromatic N) is 5. The summed E-state index contributed by atoms with van der Waals surface area (Å²) in [5, 5.41) is 8.98. The third-order valence-corrected chi connectivity index (χ3v) is 5.42. The Bertz CT molecular complexity index is 1160. The van der Waals surface area contributed by atoms with Crippen molar-refractivity contribution < 1.29 is 9.53 Å². The fraction of sp³-hybridized carbons (Fsp3) is 0.250. The van der Waals surface area contributed by atoms with E-state index >= 15 is 0 Å². The first-order chi connectivity index (χ1) is 15.0. The summed E-state index contributed by atoms with van der Waals surface area (Å²) in [7, 11) is 1.92. The van der Waals surface area contributed by atoms with Crippen LogP contribution in [0.3, 0.4) is 0 Å². The second-order valence-corrected chi connectivity index (χ2v) is 7.46. The predicted molar refractivity (Wildman–Crippen MR) is 121 cm³/mol. The van der Waals surface area contributed by atoms with Crippen molar-refractivity contribution in [3.63, 3.8) is 0 Å². The van der Waals surface area contributed by atoms with Gasteiger partial charge in [-0.05, 0) is 43.8 Å². The quantitative estimate of drug-likeness (QED) is 0.361. The Kier molecular flexibility index (Phi) is 5.66. The average molecular weight is 415 g/mol. The van der Waals surface area contributed by atoms with Crippen LogP contribution in [0.4, 0.5) is 5.69 Å². The van der Waals surface area contributed by atoms with Crippen LogP contribution in [0.15, 0.2) is 64.9 Å². The third-order valence-electron chi connectivity index (χ3n) is 5.42. The molecule has 0 fully saturated rings. The SMILES string of the molecule is C=N/C(C(=O)OCC)=C1/Cc2c(Cc3ccccc3)nnn2-c2cc(C)ccc2N1C. The molecular formula is C24H25N5O2. The van der Waals surface area contributed by atoms with E-state index in [1.807, 2.05) is 53.9 Å². The molecule has 7 heteroatoms. The van der Waals surface area contributed by atoms with Gasteiger partial charge in [0, 0.05) is 19.9 Å². The lowest BCUT2D eigenvalue weighted by Gasteiger charge is -2.23. The molecule has 0 unspecified atom stereocenters. The first-order valence-electron chi connectivity index (χ1n) is 10.2. The van der Waals surface area contributed by atoms with Crippen LogP contribution >= 0.6 is 0 Å². The van der Waals surface area contributed by atoms with Crippen molar-refractivity contribution in [2.75, 3.05) is 18.6 Å². The number of fused-ring (bicyclic) bond motifs is 3. The van der Waals surface area contributed by atoms with E-state index in [0.717, 1.165) is 33.9 Å². The zero-order chi connectivity index (χ0) is 22.0. The molecule has 2 heterocycles. The summed E-state index contributed by atoms with van der Waals surface area (Å²) in [6, 6.07) is 16.3. The average Bonchev–Trinajstić information content (AvgIpc) is 3.11. The molecule has 7 nitrogen and oxygen atoms in total. The van der Waals surface area contributed by atoms with Crippen molar-refractivity contribution in [1.29, 1.82) is 0 Å². The van der Waals surface area contributed by atoms with Gasteiger partial charge < -0.3 is 9.64 Å². The summed E-state index contributed by atoms with van der Waals surface area (Å²) in [5.74, 6) is -0.487. The summed E-state index contributed by atoms with van der Waals surface area (Å²) < 4.78 is 7.12. The standard InChI is InChI=1S/C24H25N5O2/c1-5-31-24(30)23(25-3)22-15-20-18(14-17-9-7-6-8-10-17)26-27-29(20)21-13-16(2)11-12-19(21)28(22)4/h6-13H,3,5,14-15H2,1-2,4H3/b23-22-. The molecule has 0 saturated carbocycles. The summed E-state index contributed by atoms with van der Waals surface area (Å²) in [5.41, 5.74) is 6.75. The van der Waals surface area contributed by atoms with E-state index in [2.05, 4.69) is 40.2 Å². The van der Waals surface area contributed by atoms with Gasteiger partial charge in [0.2, 0.25) is 0 Å². The van der Waals surface area contributed by atoms with Gasteiger partial charge in [0.05, 0.1) is 35.1 Å². The molecule has 0 aliphatic carbocycles. The molecule has 1 aliphatic heterocycles. The van der Waals surface area contributed by atoms with Crippen molar-refractivity contribution >= 4 is 18.4 Å². The number of likely N-dealkylation sites (N-methyl/N-ethyl adjacent to an activating group) is 1. The molecule has 0 saturated heterocycles. The van der Waals surface area contributed by atoms with Crippen LogP contribution in [-0.2, 0) is 22.4 Å². The molecule has 4 rings (SSSR count). The van der Waals surface area contributed by atoms with Gasteiger partial charge in [-0.2, -0.15) is 0 Å². The number of rotatable bonds is 5. The second kappa shape index (κ2) is 8.55. The molecule has 0 spiro atoms. The number of hydrogen-bond acceptors (Lipinski definition) is 6. The minimum atomic E-state index is -0.487. The minimum Gasteiger partial charge on any atom is -0.461 e. The number of aliphatic imine (C=N–C) groups is 1. The van der Waals surface area contributed by atoms with E-state index < -0.39 is 5.97 Å². The number of carbonyl (C=O) groups is 1. The smallest absolute Gasteiger partial charge is 0.358 e. The van der Waals surface area contributed by atoms with Crippen LogP contribution < -0.4 is 4.90 Å². The number of allylic oxidation sites excluding steroid dienone is 1. The highest BCUT2D eigenvalue weighted by atomic mass is 16.5. The molecular weight excluding hydrogens is 390 g/mol. The molecule has 2 aromatic carbocycles. The maximum Gasteiger partial charge on any atom is 0.358 e. The minimum absolute atomic E-state index is 0.205. The van der Waals surface area contributed by atoms with Gasteiger partial charge >= 0.3 is 5.97 Å². The van der Waals surface area contributed by atoms with Gasteiger partial charge in [-0.3, -0.25) is 4.99 Å². The van der Waals surface area contributed by atoms with E-state index in [-0.39, 0.29) is 12.3 Å². The number of hydrogen-bond donors (Lipinski definition) is 0. The molecule has 0 atom stereocenters. The monoisotopic (exact) mass is 415 g/mol. The topological polar surface area (TPSA) is 72.6 Å². The van der Waals surface area contributed by atoms with Crippen molar-refractivity contribution in [3.05, 3.63) is 82.4 Å². The normalized spacial score (nSPS) is 14.4. The van der Waals surface area contributed by atoms with Gasteiger partial charge in [-0.1, -0.05) is 41.6 Å². The summed E-state index contributed by atoms with van der Waals surface area (Å²) in [6.45, 7) is 7.72. The lowest BCUT2D eigenvalue weighted by atomic mass is 10.1. The van der Waals surface area contributed by atoms with Crippen LogP contribution in [-0.4, -0.2) is 41.3 Å². The highest BCUT2D eigenvalue weighted by molar-refractivity contribution is 5.91. The molecule has 0 bridgehead atoms. The van der Waals surface area contributed by atoms with Crippen molar-refractivity contribution in [2.24, 2.45) is 4.99 Å². The Balaban J connectivity index is 1.91. The lowest BCUT2D eigenvalue weighted by molar-refractivity contribution is -0.138. The molecule has 0 radical (unpaired) electrons. The maximum atomic E-state index is 12.6. The molecule has 1 aliphatic rings. The van der Waals surface area contributed by atoms with E-state index in [0.29, 0.717) is 18.5 Å². The number of esters is 1. The Morgan fingerprint density at radius 3 is 2.68 bits per heavy atom. The summed E-state index contributed by atoms with van der Waals surface area (Å²) in [4.78, 5) is 18.7. The van der Waals surface area contributed by atoms with Crippen LogP contribution in [0, 0.1) is 6.92 Å². The zero-order valence-corrected chi connectivity index (χ0v) is 18.0. The Hall–Kier alpha value is -3.74. The van der Waals surface area contributed by atoms with Gasteiger partial charge in [-0.25, -0.2) is 9.48 Å². The highest BCUT2D eigenvalue weighted by Crippen LogP contribution is 2.35. The van der Waals surface area contributed by atoms with Crippen LogP contribution in [0.5, 0.6) is 0 Å². The number of carbonyl (C=O) groups excluding carboxylic acids is 1. The Labute approximate surface area is 181 Å². The van der Waals surface area contributed by atoms with Crippen LogP contribution in [0.1, 0.15) is 29.4 Å². The number of aromatic nitrogens is 3. The van der Waals surface area contributed by atoms with Crippen molar-refractivity contribution in [3.8, 4) is 5.69 Å². The number of ether oxygens (including phenoxy) is 1. The molecule has 31 heavy (non-hydrogen) atoms. The van der Waals surface area contributed by atoms with E-state index in [1.54, 1.807) is 6.92 Å². The van der Waals surface area contributed by atoms with Gasteiger partial charge in [0.1, 0.15) is 0 Å². The fourth-order valence-corrected chi connectivity index (χ4v) is 3.85. The van der Waals surface area contributed by atoms with Gasteiger partial charge in [0.25, 0.3) is 0 Å². The zero-order valence-electron chi connectivity index (χ0n) is 18.0. The van der Waals surface area contributed by atoms with Gasteiger partial charge in [0.15, 0.2) is 5.70 Å². The molecule has 3 aromatic rings. The van der Waals surface area contributed by atoms with Crippen molar-refractivity contribution in [2.45, 2.75) is 26.7 Å². The largest absolute Gasteiger partial charge is 0.461 e. The number of aryl methyl sites for hydroxylation is 1. The van der Waals surface area contributed by atoms with Gasteiger partial charge in [-0.15, -0.1) is 5.10 Å².